The quantitative estimate of drug-likeness (QED) is 0.386. The molecule has 0 fully saturated rings. The molecule has 0 aromatic heterocycles. The molecule has 0 amide bonds. The second-order valence-corrected chi connectivity index (χ2v) is 4.62. The molecule has 2 nitrogen and oxygen atoms in total. The Morgan fingerprint density at radius 2 is 2.19 bits per heavy atom. The minimum absolute atomic E-state index is 0.489. The normalized spacial score (nSPS) is 10.6. The zero-order chi connectivity index (χ0) is 12.0. The van der Waals surface area contributed by atoms with Gasteiger partial charge in [-0.2, -0.15) is 0 Å². The van der Waals surface area contributed by atoms with E-state index >= 15 is 0 Å². The zero-order valence-corrected chi connectivity index (χ0v) is 10.4. The largest absolute Gasteiger partial charge is 0.298 e. The highest BCUT2D eigenvalue weighted by Gasteiger charge is 2.01. The minimum Gasteiger partial charge on any atom is -0.298 e. The van der Waals surface area contributed by atoms with Crippen LogP contribution in [-0.2, 0) is 11.2 Å². The van der Waals surface area contributed by atoms with Gasteiger partial charge < -0.3 is 0 Å². The maximum Gasteiger partial charge on any atom is 0.245 e. The number of thioether (sulfide) groups is 1. The second kappa shape index (κ2) is 6.51. The monoisotopic (exact) mass is 253 g/mol. The Kier molecular flexibility index (Phi) is 5.29. The topological polar surface area (TPSA) is 40.9 Å². The fourth-order valence-electron chi connectivity index (χ4n) is 1.19. The van der Waals surface area contributed by atoms with Crippen molar-refractivity contribution in [1.29, 1.82) is 5.41 Å². The molecule has 1 aromatic carbocycles. The van der Waals surface area contributed by atoms with E-state index in [1.807, 2.05) is 31.2 Å². The number of aryl methyl sites for hydroxylation is 1. The standard InChI is InChI=1S/C12H12ClNOS/c1-9-4-2-3-5-10(9)8-12(14)16-7-6-11(13)15/h2-7,14H,8H2,1H3/b7-6+,14-12?. The predicted molar refractivity (Wildman–Crippen MR) is 70.2 cm³/mol. The molecule has 0 atom stereocenters. The van der Waals surface area contributed by atoms with E-state index in [2.05, 4.69) is 0 Å². The molecule has 0 heterocycles. The van der Waals surface area contributed by atoms with Gasteiger partial charge in [-0.1, -0.05) is 36.0 Å². The Hall–Kier alpha value is -1.06. The van der Waals surface area contributed by atoms with E-state index in [1.54, 1.807) is 0 Å². The maximum atomic E-state index is 10.4. The molecule has 0 unspecified atom stereocenters. The van der Waals surface area contributed by atoms with E-state index in [1.165, 1.54) is 28.8 Å². The van der Waals surface area contributed by atoms with Gasteiger partial charge in [0.25, 0.3) is 0 Å². The van der Waals surface area contributed by atoms with Crippen LogP contribution < -0.4 is 0 Å². The molecule has 0 saturated heterocycles. The number of hydrogen-bond donors (Lipinski definition) is 1. The van der Waals surface area contributed by atoms with Crippen molar-refractivity contribution in [3.63, 3.8) is 0 Å². The number of rotatable bonds is 4. The summed E-state index contributed by atoms with van der Waals surface area (Å²) in [6, 6.07) is 7.95. The van der Waals surface area contributed by atoms with E-state index in [9.17, 15) is 4.79 Å². The molecule has 84 valence electrons. The van der Waals surface area contributed by atoms with Gasteiger partial charge in [-0.3, -0.25) is 10.2 Å². The summed E-state index contributed by atoms with van der Waals surface area (Å²) in [4.78, 5) is 10.4. The molecule has 1 N–H and O–H groups in total. The van der Waals surface area contributed by atoms with Crippen LogP contribution in [0.25, 0.3) is 0 Å². The van der Waals surface area contributed by atoms with Crippen molar-refractivity contribution < 1.29 is 4.79 Å². The van der Waals surface area contributed by atoms with Gasteiger partial charge in [0.1, 0.15) is 0 Å². The number of halogens is 1. The summed E-state index contributed by atoms with van der Waals surface area (Å²) in [6.07, 6.45) is 1.83. The highest BCUT2D eigenvalue weighted by molar-refractivity contribution is 8.16. The Balaban J connectivity index is 2.52. The van der Waals surface area contributed by atoms with E-state index in [0.717, 1.165) is 5.56 Å². The van der Waals surface area contributed by atoms with Gasteiger partial charge in [0.15, 0.2) is 0 Å². The second-order valence-electron chi connectivity index (χ2n) is 3.25. The molecule has 0 spiro atoms. The maximum absolute atomic E-state index is 10.4. The number of nitrogens with one attached hydrogen (secondary N) is 1. The molecule has 16 heavy (non-hydrogen) atoms. The van der Waals surface area contributed by atoms with Gasteiger partial charge in [-0.05, 0) is 35.1 Å². The highest BCUT2D eigenvalue weighted by Crippen LogP contribution is 2.14. The molecule has 0 aliphatic rings. The van der Waals surface area contributed by atoms with Crippen LogP contribution in [0.3, 0.4) is 0 Å². The van der Waals surface area contributed by atoms with Crippen LogP contribution in [0.1, 0.15) is 11.1 Å². The molecule has 0 bridgehead atoms. The number of allylic oxidation sites excluding steroid dienone is 1. The van der Waals surface area contributed by atoms with Crippen LogP contribution in [-0.4, -0.2) is 10.3 Å². The van der Waals surface area contributed by atoms with E-state index in [-0.39, 0.29) is 0 Å². The molecule has 0 aliphatic heterocycles. The average molecular weight is 254 g/mol. The van der Waals surface area contributed by atoms with Crippen molar-refractivity contribution in [3.05, 3.63) is 46.9 Å². The molecular weight excluding hydrogens is 242 g/mol. The number of hydrogen-bond acceptors (Lipinski definition) is 3. The third kappa shape index (κ3) is 4.64. The lowest BCUT2D eigenvalue weighted by molar-refractivity contribution is -0.107. The van der Waals surface area contributed by atoms with Crippen LogP contribution in [0.4, 0.5) is 0 Å². The van der Waals surface area contributed by atoms with Gasteiger partial charge in [0.05, 0.1) is 5.04 Å². The lowest BCUT2D eigenvalue weighted by Crippen LogP contribution is -1.97. The Morgan fingerprint density at radius 3 is 2.81 bits per heavy atom. The first-order valence-corrected chi connectivity index (χ1v) is 6.00. The third-order valence-corrected chi connectivity index (χ3v) is 2.85. The molecule has 1 aromatic rings. The summed E-state index contributed by atoms with van der Waals surface area (Å²) >= 11 is 6.34. The first-order chi connectivity index (χ1) is 7.59. The predicted octanol–water partition coefficient (Wildman–Crippen LogP) is 3.53. The molecular formula is C12H12ClNOS. The average Bonchev–Trinajstić information content (AvgIpc) is 2.21. The van der Waals surface area contributed by atoms with Gasteiger partial charge in [-0.25, -0.2) is 0 Å². The third-order valence-electron chi connectivity index (χ3n) is 2.02. The van der Waals surface area contributed by atoms with Gasteiger partial charge in [0.2, 0.25) is 5.24 Å². The summed E-state index contributed by atoms with van der Waals surface area (Å²) in [5, 5.41) is 9.23. The molecule has 0 radical (unpaired) electrons. The fourth-order valence-corrected chi connectivity index (χ4v) is 1.93. The van der Waals surface area contributed by atoms with Crippen molar-refractivity contribution in [3.8, 4) is 0 Å². The van der Waals surface area contributed by atoms with Crippen molar-refractivity contribution >= 4 is 33.6 Å². The number of carbonyl (C=O) groups excluding carboxylic acids is 1. The Morgan fingerprint density at radius 1 is 1.50 bits per heavy atom. The zero-order valence-electron chi connectivity index (χ0n) is 8.87. The fraction of sp³-hybridized carbons (Fsp3) is 0.167. The van der Waals surface area contributed by atoms with Crippen molar-refractivity contribution in [2.75, 3.05) is 0 Å². The van der Waals surface area contributed by atoms with E-state index < -0.39 is 5.24 Å². The summed E-state index contributed by atoms with van der Waals surface area (Å²) in [6.45, 7) is 2.02. The molecule has 1 rings (SSSR count). The summed E-state index contributed by atoms with van der Waals surface area (Å²) in [7, 11) is 0. The van der Waals surface area contributed by atoms with E-state index in [0.29, 0.717) is 11.5 Å². The Labute approximate surface area is 104 Å². The van der Waals surface area contributed by atoms with Gasteiger partial charge in [0, 0.05) is 12.5 Å². The summed E-state index contributed by atoms with van der Waals surface area (Å²) < 4.78 is 0. The summed E-state index contributed by atoms with van der Waals surface area (Å²) in [5.74, 6) is 0. The lowest BCUT2D eigenvalue weighted by atomic mass is 10.1. The van der Waals surface area contributed by atoms with Crippen LogP contribution in [0.15, 0.2) is 35.7 Å². The summed E-state index contributed by atoms with van der Waals surface area (Å²) in [5.41, 5.74) is 2.30. The van der Waals surface area contributed by atoms with Gasteiger partial charge >= 0.3 is 0 Å². The number of benzene rings is 1. The van der Waals surface area contributed by atoms with E-state index in [4.69, 9.17) is 17.0 Å². The molecule has 0 saturated carbocycles. The van der Waals surface area contributed by atoms with Crippen molar-refractivity contribution in [2.24, 2.45) is 0 Å². The Bertz CT molecular complexity index is 429. The minimum atomic E-state index is -0.517. The highest BCUT2D eigenvalue weighted by atomic mass is 35.5. The van der Waals surface area contributed by atoms with Gasteiger partial charge in [-0.15, -0.1) is 0 Å². The van der Waals surface area contributed by atoms with Crippen LogP contribution in [0.2, 0.25) is 0 Å². The van der Waals surface area contributed by atoms with Crippen LogP contribution >= 0.6 is 23.4 Å². The lowest BCUT2D eigenvalue weighted by Gasteiger charge is -2.04. The molecule has 0 aliphatic carbocycles. The number of carbonyl (C=O) groups is 1. The first kappa shape index (κ1) is 13.0. The molecule has 4 heteroatoms. The van der Waals surface area contributed by atoms with Crippen LogP contribution in [0.5, 0.6) is 0 Å². The van der Waals surface area contributed by atoms with Crippen LogP contribution in [0, 0.1) is 12.3 Å². The SMILES string of the molecule is Cc1ccccc1CC(=N)S/C=C/C(=O)Cl. The first-order valence-electron chi connectivity index (χ1n) is 4.74. The smallest absolute Gasteiger partial charge is 0.245 e. The van der Waals surface area contributed by atoms with Crippen molar-refractivity contribution in [2.45, 2.75) is 13.3 Å². The van der Waals surface area contributed by atoms with Crippen molar-refractivity contribution in [1.82, 2.24) is 0 Å².